The Morgan fingerprint density at radius 2 is 1.79 bits per heavy atom. The Balaban J connectivity index is 2.05. The molecule has 0 aliphatic rings. The summed E-state index contributed by atoms with van der Waals surface area (Å²) in [6.45, 7) is 2.24. The van der Waals surface area contributed by atoms with Crippen LogP contribution < -0.4 is 0 Å². The zero-order chi connectivity index (χ0) is 10.2. The first-order valence-electron chi connectivity index (χ1n) is 5.33. The lowest BCUT2D eigenvalue weighted by Gasteiger charge is -2.07. The maximum absolute atomic E-state index is 2.24. The number of nitrogens with zero attached hydrogens (tertiary/aromatic N) is 1. The Kier molecular flexibility index (Phi) is 5.31. The van der Waals surface area contributed by atoms with Crippen LogP contribution in [0.2, 0.25) is 0 Å². The fourth-order valence-corrected chi connectivity index (χ4v) is 1.47. The smallest absolute Gasteiger partial charge is 0.0245 e. The van der Waals surface area contributed by atoms with Crippen LogP contribution in [0.5, 0.6) is 0 Å². The summed E-state index contributed by atoms with van der Waals surface area (Å²) in [7, 11) is 4.16. The summed E-state index contributed by atoms with van der Waals surface area (Å²) in [4.78, 5) is 2.13. The second-order valence-electron chi connectivity index (χ2n) is 3.88. The standard InChI is InChI=1S/C13H20N/c1-14(2)12-8-4-7-11-13-9-5-3-6-10-13/h3,5-6,9-10,12H,4,7-8,11H2,1-2H3. The molecule has 14 heavy (non-hydrogen) atoms. The quantitative estimate of drug-likeness (QED) is 0.623. The van der Waals surface area contributed by atoms with Gasteiger partial charge in [0.05, 0.1) is 0 Å². The van der Waals surface area contributed by atoms with Crippen LogP contribution in [0.25, 0.3) is 0 Å². The van der Waals surface area contributed by atoms with Crippen LogP contribution in [0.3, 0.4) is 0 Å². The summed E-state index contributed by atoms with van der Waals surface area (Å²) in [6.07, 6.45) is 4.98. The predicted molar refractivity (Wildman–Crippen MR) is 62.0 cm³/mol. The van der Waals surface area contributed by atoms with Crippen molar-refractivity contribution in [2.75, 3.05) is 14.1 Å². The second kappa shape index (κ2) is 6.61. The van der Waals surface area contributed by atoms with Crippen LogP contribution in [-0.2, 0) is 6.42 Å². The lowest BCUT2D eigenvalue weighted by atomic mass is 10.1. The van der Waals surface area contributed by atoms with E-state index in [0.717, 1.165) is 0 Å². The van der Waals surface area contributed by atoms with E-state index in [1.807, 2.05) is 0 Å². The van der Waals surface area contributed by atoms with Gasteiger partial charge >= 0.3 is 0 Å². The summed E-state index contributed by atoms with van der Waals surface area (Å²) in [5.74, 6) is 0. The molecule has 0 saturated carbocycles. The second-order valence-corrected chi connectivity index (χ2v) is 3.88. The first-order chi connectivity index (χ1) is 6.79. The largest absolute Gasteiger partial charge is 0.305 e. The molecule has 0 aromatic heterocycles. The highest BCUT2D eigenvalue weighted by Gasteiger charge is 1.93. The number of hydrogen-bond donors (Lipinski definition) is 0. The Bertz CT molecular complexity index is 228. The first kappa shape index (κ1) is 11.3. The lowest BCUT2D eigenvalue weighted by molar-refractivity contribution is 0.466. The summed E-state index contributed by atoms with van der Waals surface area (Å²) in [5, 5.41) is 0. The van der Waals surface area contributed by atoms with Crippen molar-refractivity contribution in [3.63, 3.8) is 0 Å². The zero-order valence-corrected chi connectivity index (χ0v) is 9.24. The minimum atomic E-state index is 1.19. The molecule has 1 aromatic rings. The number of aryl methyl sites for hydroxylation is 1. The highest BCUT2D eigenvalue weighted by atomic mass is 15.0. The summed E-state index contributed by atoms with van der Waals surface area (Å²) in [6, 6.07) is 10.7. The van der Waals surface area contributed by atoms with Crippen LogP contribution in [0.15, 0.2) is 30.3 Å². The fourth-order valence-electron chi connectivity index (χ4n) is 1.47. The van der Waals surface area contributed by atoms with Crippen LogP contribution in [0.4, 0.5) is 0 Å². The van der Waals surface area contributed by atoms with E-state index in [0.29, 0.717) is 0 Å². The van der Waals surface area contributed by atoms with Gasteiger partial charge in [-0.25, -0.2) is 0 Å². The monoisotopic (exact) mass is 190 g/mol. The molecular weight excluding hydrogens is 170 g/mol. The zero-order valence-electron chi connectivity index (χ0n) is 9.24. The number of hydrogen-bond acceptors (Lipinski definition) is 1. The van der Waals surface area contributed by atoms with Gasteiger partial charge in [0.1, 0.15) is 0 Å². The molecule has 1 radical (unpaired) electrons. The third-order valence-corrected chi connectivity index (χ3v) is 2.26. The SMILES string of the molecule is CN(C)[CH]CCCCc1ccccc1. The van der Waals surface area contributed by atoms with Gasteiger partial charge in [0.2, 0.25) is 0 Å². The molecular formula is C13H20N. The molecule has 0 aliphatic carbocycles. The lowest BCUT2D eigenvalue weighted by Crippen LogP contribution is -2.06. The molecule has 0 bridgehead atoms. The van der Waals surface area contributed by atoms with Crippen molar-refractivity contribution in [3.05, 3.63) is 42.4 Å². The van der Waals surface area contributed by atoms with Crippen LogP contribution in [0.1, 0.15) is 24.8 Å². The fraction of sp³-hybridized carbons (Fsp3) is 0.462. The molecule has 1 heteroatoms. The number of benzene rings is 1. The van der Waals surface area contributed by atoms with E-state index in [4.69, 9.17) is 0 Å². The van der Waals surface area contributed by atoms with Gasteiger partial charge in [-0.05, 0) is 38.9 Å². The Morgan fingerprint density at radius 1 is 1.07 bits per heavy atom. The van der Waals surface area contributed by atoms with Gasteiger partial charge < -0.3 is 4.90 Å². The average Bonchev–Trinajstić information content (AvgIpc) is 2.18. The molecule has 1 rings (SSSR count). The minimum Gasteiger partial charge on any atom is -0.305 e. The van der Waals surface area contributed by atoms with Gasteiger partial charge in [-0.15, -0.1) is 0 Å². The van der Waals surface area contributed by atoms with Crippen molar-refractivity contribution >= 4 is 0 Å². The van der Waals surface area contributed by atoms with Crippen molar-refractivity contribution < 1.29 is 0 Å². The van der Waals surface area contributed by atoms with E-state index in [2.05, 4.69) is 55.9 Å². The minimum absolute atomic E-state index is 1.19. The topological polar surface area (TPSA) is 3.24 Å². The summed E-state index contributed by atoms with van der Waals surface area (Å²) >= 11 is 0. The molecule has 77 valence electrons. The number of unbranched alkanes of at least 4 members (excludes halogenated alkanes) is 2. The van der Waals surface area contributed by atoms with Crippen molar-refractivity contribution in [1.29, 1.82) is 0 Å². The molecule has 0 unspecified atom stereocenters. The molecule has 0 spiro atoms. The highest BCUT2D eigenvalue weighted by Crippen LogP contribution is 2.07. The van der Waals surface area contributed by atoms with E-state index in [9.17, 15) is 0 Å². The molecule has 0 fully saturated rings. The Hall–Kier alpha value is -0.820. The van der Waals surface area contributed by atoms with Gasteiger partial charge in [0.15, 0.2) is 0 Å². The van der Waals surface area contributed by atoms with Gasteiger partial charge in [0.25, 0.3) is 0 Å². The van der Waals surface area contributed by atoms with Crippen molar-refractivity contribution in [2.24, 2.45) is 0 Å². The predicted octanol–water partition coefficient (Wildman–Crippen LogP) is 3.12. The van der Waals surface area contributed by atoms with Crippen LogP contribution >= 0.6 is 0 Å². The van der Waals surface area contributed by atoms with Gasteiger partial charge in [-0.3, -0.25) is 0 Å². The van der Waals surface area contributed by atoms with E-state index in [1.54, 1.807) is 0 Å². The van der Waals surface area contributed by atoms with Gasteiger partial charge in [-0.2, -0.15) is 0 Å². The Morgan fingerprint density at radius 3 is 2.43 bits per heavy atom. The molecule has 0 aliphatic heterocycles. The normalized spacial score (nSPS) is 10.8. The molecule has 1 nitrogen and oxygen atoms in total. The number of rotatable bonds is 6. The van der Waals surface area contributed by atoms with Crippen LogP contribution in [-0.4, -0.2) is 19.0 Å². The van der Waals surface area contributed by atoms with Gasteiger partial charge in [0, 0.05) is 6.54 Å². The molecule has 0 N–H and O–H groups in total. The summed E-state index contributed by atoms with van der Waals surface area (Å²) < 4.78 is 0. The molecule has 0 saturated heterocycles. The van der Waals surface area contributed by atoms with Gasteiger partial charge in [-0.1, -0.05) is 36.8 Å². The van der Waals surface area contributed by atoms with Crippen molar-refractivity contribution in [2.45, 2.75) is 25.7 Å². The van der Waals surface area contributed by atoms with Crippen LogP contribution in [0, 0.1) is 6.54 Å². The van der Waals surface area contributed by atoms with Crippen molar-refractivity contribution in [3.8, 4) is 0 Å². The maximum atomic E-state index is 2.24. The molecule has 0 heterocycles. The van der Waals surface area contributed by atoms with Crippen molar-refractivity contribution in [1.82, 2.24) is 4.90 Å². The summed E-state index contributed by atoms with van der Waals surface area (Å²) in [5.41, 5.74) is 1.46. The van der Waals surface area contributed by atoms with E-state index < -0.39 is 0 Å². The third kappa shape index (κ3) is 5.03. The molecule has 1 aromatic carbocycles. The highest BCUT2D eigenvalue weighted by molar-refractivity contribution is 5.14. The van der Waals surface area contributed by atoms with E-state index >= 15 is 0 Å². The average molecular weight is 190 g/mol. The van der Waals surface area contributed by atoms with E-state index in [-0.39, 0.29) is 0 Å². The molecule has 0 amide bonds. The third-order valence-electron chi connectivity index (χ3n) is 2.26. The first-order valence-corrected chi connectivity index (χ1v) is 5.33. The van der Waals surface area contributed by atoms with E-state index in [1.165, 1.54) is 31.2 Å². The maximum Gasteiger partial charge on any atom is 0.0245 e. The molecule has 0 atom stereocenters. The Labute approximate surface area is 87.7 Å².